The van der Waals surface area contributed by atoms with E-state index in [2.05, 4.69) is 0 Å². The Morgan fingerprint density at radius 3 is 2.31 bits per heavy atom. The van der Waals surface area contributed by atoms with E-state index in [0.717, 1.165) is 0 Å². The fourth-order valence-corrected chi connectivity index (χ4v) is 1.47. The van der Waals surface area contributed by atoms with Crippen LogP contribution in [0, 0.1) is 0 Å². The van der Waals surface area contributed by atoms with Gasteiger partial charge in [0.25, 0.3) is 9.05 Å². The second-order valence-corrected chi connectivity index (χ2v) is 4.82. The average molecular weight is 219 g/mol. The number of halogens is 1. The van der Waals surface area contributed by atoms with Crippen molar-refractivity contribution in [3.05, 3.63) is 41.3 Å². The highest BCUT2D eigenvalue weighted by Crippen LogP contribution is 2.13. The molecule has 0 saturated heterocycles. The number of benzene rings is 1. The van der Waals surface area contributed by atoms with Crippen LogP contribution in [0.1, 0.15) is 5.56 Å². The Kier molecular flexibility index (Phi) is 2.95. The molecule has 3 nitrogen and oxygen atoms in total. The lowest BCUT2D eigenvalue weighted by molar-refractivity contribution is 0.512. The van der Waals surface area contributed by atoms with Crippen LogP contribution < -0.4 is 0 Å². The van der Waals surface area contributed by atoms with Crippen LogP contribution in [0.2, 0.25) is 0 Å². The average Bonchev–Trinajstić information content (AvgIpc) is 2.03. The maximum absolute atomic E-state index is 10.5. The molecule has 70 valence electrons. The second kappa shape index (κ2) is 3.81. The van der Waals surface area contributed by atoms with Gasteiger partial charge in [-0.3, -0.25) is 0 Å². The minimum atomic E-state index is -3.81. The van der Waals surface area contributed by atoms with E-state index in [4.69, 9.17) is 10.7 Å². The van der Waals surface area contributed by atoms with E-state index in [1.807, 2.05) is 0 Å². The van der Waals surface area contributed by atoms with E-state index in [0.29, 0.717) is 11.0 Å². The Morgan fingerprint density at radius 2 is 1.85 bits per heavy atom. The summed E-state index contributed by atoms with van der Waals surface area (Å²) in [5.74, 6) is -0.365. The summed E-state index contributed by atoms with van der Waals surface area (Å²) >= 11 is 0. The molecule has 1 aromatic carbocycles. The zero-order valence-corrected chi connectivity index (χ0v) is 8.09. The number of rotatable bonds is 2. The summed E-state index contributed by atoms with van der Waals surface area (Å²) in [6.07, 6.45) is 0. The summed E-state index contributed by atoms with van der Waals surface area (Å²) < 4.78 is 21.1. The van der Waals surface area contributed by atoms with Crippen LogP contribution in [0.5, 0.6) is 0 Å². The molecule has 5 heteroatoms. The molecule has 0 atom stereocenters. The fraction of sp³-hybridized carbons (Fsp3) is 0. The van der Waals surface area contributed by atoms with Crippen molar-refractivity contribution in [1.29, 1.82) is 0 Å². The molecule has 0 bridgehead atoms. The first-order valence-corrected chi connectivity index (χ1v) is 5.77. The Bertz CT molecular complexity index is 408. The third kappa shape index (κ3) is 3.48. The first kappa shape index (κ1) is 10.1. The fourth-order valence-electron chi connectivity index (χ4n) is 0.810. The third-order valence-corrected chi connectivity index (χ3v) is 2.09. The molecule has 0 amide bonds. The van der Waals surface area contributed by atoms with E-state index in [-0.39, 0.29) is 5.76 Å². The van der Waals surface area contributed by atoms with Gasteiger partial charge in [0.2, 0.25) is 0 Å². The van der Waals surface area contributed by atoms with Crippen molar-refractivity contribution in [3.63, 3.8) is 0 Å². The standard InChI is InChI=1S/C8H7ClO3S/c9-13(11,12)6-8(10)7-4-2-1-3-5-7/h1-6,10H. The summed E-state index contributed by atoms with van der Waals surface area (Å²) in [6.45, 7) is 0. The zero-order valence-electron chi connectivity index (χ0n) is 6.51. The van der Waals surface area contributed by atoms with Gasteiger partial charge in [0.15, 0.2) is 0 Å². The normalized spacial score (nSPS) is 12.8. The monoisotopic (exact) mass is 218 g/mol. The van der Waals surface area contributed by atoms with Gasteiger partial charge in [-0.15, -0.1) is 0 Å². The van der Waals surface area contributed by atoms with Gasteiger partial charge >= 0.3 is 0 Å². The summed E-state index contributed by atoms with van der Waals surface area (Å²) in [6, 6.07) is 8.27. The SMILES string of the molecule is O=S(=O)(Cl)C=C(O)c1ccccc1. The van der Waals surface area contributed by atoms with Crippen LogP contribution in [-0.2, 0) is 9.05 Å². The maximum atomic E-state index is 10.5. The molecule has 1 rings (SSSR count). The van der Waals surface area contributed by atoms with Crippen molar-refractivity contribution in [3.8, 4) is 0 Å². The Hall–Kier alpha value is -1.00. The molecule has 0 saturated carbocycles. The Balaban J connectivity index is 3.06. The molecule has 0 spiro atoms. The maximum Gasteiger partial charge on any atom is 0.258 e. The number of aliphatic hydroxyl groups excluding tert-OH is 1. The molecule has 0 unspecified atom stereocenters. The molecule has 1 N–H and O–H groups in total. The van der Waals surface area contributed by atoms with Crippen LogP contribution in [-0.4, -0.2) is 13.5 Å². The molecule has 0 aromatic heterocycles. The predicted octanol–water partition coefficient (Wildman–Crippen LogP) is 2.11. The molecule has 0 radical (unpaired) electrons. The smallest absolute Gasteiger partial charge is 0.258 e. The van der Waals surface area contributed by atoms with Crippen molar-refractivity contribution >= 4 is 25.5 Å². The minimum absolute atomic E-state index is 0.365. The van der Waals surface area contributed by atoms with E-state index < -0.39 is 9.05 Å². The summed E-state index contributed by atoms with van der Waals surface area (Å²) in [5.41, 5.74) is 0.409. The predicted molar refractivity (Wildman–Crippen MR) is 51.8 cm³/mol. The molecule has 0 fully saturated rings. The quantitative estimate of drug-likeness (QED) is 0.611. The van der Waals surface area contributed by atoms with Crippen LogP contribution in [0.25, 0.3) is 5.76 Å². The topological polar surface area (TPSA) is 54.4 Å². The number of aliphatic hydroxyl groups is 1. The van der Waals surface area contributed by atoms with Crippen molar-refractivity contribution in [2.75, 3.05) is 0 Å². The van der Waals surface area contributed by atoms with Gasteiger partial charge in [0.1, 0.15) is 5.76 Å². The van der Waals surface area contributed by atoms with Crippen LogP contribution in [0.3, 0.4) is 0 Å². The van der Waals surface area contributed by atoms with E-state index in [1.54, 1.807) is 30.3 Å². The lowest BCUT2D eigenvalue weighted by Crippen LogP contribution is -1.87. The number of hydrogen-bond acceptors (Lipinski definition) is 3. The first-order chi connectivity index (χ1) is 5.99. The summed E-state index contributed by atoms with van der Waals surface area (Å²) in [4.78, 5) is 0. The molecule has 0 aliphatic carbocycles. The molecule has 0 aliphatic heterocycles. The Labute approximate surface area is 80.7 Å². The molecular weight excluding hydrogens is 212 g/mol. The molecule has 0 aliphatic rings. The highest BCUT2D eigenvalue weighted by Gasteiger charge is 2.04. The van der Waals surface area contributed by atoms with Gasteiger partial charge in [-0.05, 0) is 0 Å². The zero-order chi connectivity index (χ0) is 9.90. The van der Waals surface area contributed by atoms with E-state index in [1.165, 1.54) is 0 Å². The lowest BCUT2D eigenvalue weighted by Gasteiger charge is -1.97. The highest BCUT2D eigenvalue weighted by molar-refractivity contribution is 8.16. The Morgan fingerprint density at radius 1 is 1.31 bits per heavy atom. The molecule has 1 aromatic rings. The van der Waals surface area contributed by atoms with Crippen molar-refractivity contribution in [2.45, 2.75) is 0 Å². The van der Waals surface area contributed by atoms with Crippen LogP contribution in [0.4, 0.5) is 0 Å². The minimum Gasteiger partial charge on any atom is -0.507 e. The van der Waals surface area contributed by atoms with Gasteiger partial charge in [0, 0.05) is 16.2 Å². The van der Waals surface area contributed by atoms with E-state index >= 15 is 0 Å². The van der Waals surface area contributed by atoms with Crippen molar-refractivity contribution in [2.24, 2.45) is 0 Å². The van der Waals surface area contributed by atoms with Gasteiger partial charge < -0.3 is 5.11 Å². The van der Waals surface area contributed by atoms with Gasteiger partial charge in [-0.1, -0.05) is 30.3 Å². The third-order valence-electron chi connectivity index (χ3n) is 1.32. The van der Waals surface area contributed by atoms with Crippen molar-refractivity contribution < 1.29 is 13.5 Å². The van der Waals surface area contributed by atoms with Gasteiger partial charge in [0.05, 0.1) is 5.41 Å². The molecule has 13 heavy (non-hydrogen) atoms. The largest absolute Gasteiger partial charge is 0.507 e. The molecular formula is C8H7ClO3S. The van der Waals surface area contributed by atoms with Crippen LogP contribution in [0.15, 0.2) is 35.7 Å². The lowest BCUT2D eigenvalue weighted by atomic mass is 10.2. The highest BCUT2D eigenvalue weighted by atomic mass is 35.7. The van der Waals surface area contributed by atoms with E-state index in [9.17, 15) is 13.5 Å². The summed E-state index contributed by atoms with van der Waals surface area (Å²) in [7, 11) is 1.10. The first-order valence-electron chi connectivity index (χ1n) is 3.40. The number of hydrogen-bond donors (Lipinski definition) is 1. The second-order valence-electron chi connectivity index (χ2n) is 2.34. The molecule has 0 heterocycles. The van der Waals surface area contributed by atoms with Gasteiger partial charge in [-0.25, -0.2) is 8.42 Å². The van der Waals surface area contributed by atoms with Crippen molar-refractivity contribution in [1.82, 2.24) is 0 Å². The van der Waals surface area contributed by atoms with Gasteiger partial charge in [-0.2, -0.15) is 0 Å². The summed E-state index contributed by atoms with van der Waals surface area (Å²) in [5, 5.41) is 9.85. The van der Waals surface area contributed by atoms with Crippen LogP contribution >= 0.6 is 10.7 Å².